The van der Waals surface area contributed by atoms with E-state index < -0.39 is 22.5 Å². The van der Waals surface area contributed by atoms with Gasteiger partial charge in [0.25, 0.3) is 15.9 Å². The van der Waals surface area contributed by atoms with Gasteiger partial charge in [-0.3, -0.25) is 9.10 Å². The number of rotatable bonds is 8. The van der Waals surface area contributed by atoms with Crippen LogP contribution in [-0.4, -0.2) is 31.7 Å². The molecule has 0 atom stereocenters. The minimum atomic E-state index is -3.99. The first-order valence-corrected chi connectivity index (χ1v) is 14.2. The van der Waals surface area contributed by atoms with Gasteiger partial charge in [0, 0.05) is 22.6 Å². The van der Waals surface area contributed by atoms with Gasteiger partial charge < -0.3 is 4.57 Å². The minimum absolute atomic E-state index is 0.115. The summed E-state index contributed by atoms with van der Waals surface area (Å²) in [5.74, 6) is -0.550. The Bertz CT molecular complexity index is 1610. The maximum absolute atomic E-state index is 13.5. The molecule has 1 aromatic heterocycles. The van der Waals surface area contributed by atoms with Crippen molar-refractivity contribution >= 4 is 27.8 Å². The predicted octanol–water partition coefficient (Wildman–Crippen LogP) is 5.67. The second kappa shape index (κ2) is 11.3. The molecule has 0 aliphatic carbocycles. The van der Waals surface area contributed by atoms with Crippen molar-refractivity contribution in [2.75, 3.05) is 10.8 Å². The van der Waals surface area contributed by atoms with Crippen LogP contribution in [-0.2, 0) is 14.8 Å². The number of nitrogens with one attached hydrogen (secondary N) is 1. The molecule has 0 radical (unpaired) electrons. The number of hydrazone groups is 1. The second-order valence-corrected chi connectivity index (χ2v) is 11.8. The number of sulfonamides is 1. The van der Waals surface area contributed by atoms with Crippen molar-refractivity contribution in [1.29, 1.82) is 0 Å². The molecule has 0 aliphatic heterocycles. The summed E-state index contributed by atoms with van der Waals surface area (Å²) in [4.78, 5) is 13.0. The lowest BCUT2D eigenvalue weighted by molar-refractivity contribution is -0.119. The lowest BCUT2D eigenvalue weighted by Gasteiger charge is -2.24. The third-order valence-electron chi connectivity index (χ3n) is 6.55. The molecular weight excluding hydrogens is 508 g/mol. The zero-order valence-electron chi connectivity index (χ0n) is 23.2. The summed E-state index contributed by atoms with van der Waals surface area (Å²) < 4.78 is 30.3. The predicted molar refractivity (Wildman–Crippen MR) is 157 cm³/mol. The van der Waals surface area contributed by atoms with Crippen LogP contribution < -0.4 is 9.73 Å². The third kappa shape index (κ3) is 6.29. The first-order valence-electron chi connectivity index (χ1n) is 12.7. The summed E-state index contributed by atoms with van der Waals surface area (Å²) in [5.41, 5.74) is 11.1. The normalized spacial score (nSPS) is 11.6. The molecule has 0 bridgehead atoms. The fraction of sp³-hybridized carbons (Fsp3) is 0.226. The topological polar surface area (TPSA) is 83.8 Å². The molecule has 1 amide bonds. The van der Waals surface area contributed by atoms with Crippen molar-refractivity contribution in [1.82, 2.24) is 9.99 Å². The molecule has 0 unspecified atom stereocenters. The van der Waals surface area contributed by atoms with Gasteiger partial charge in [-0.25, -0.2) is 13.8 Å². The van der Waals surface area contributed by atoms with Gasteiger partial charge in [-0.2, -0.15) is 5.10 Å². The van der Waals surface area contributed by atoms with Crippen LogP contribution in [0, 0.1) is 41.5 Å². The van der Waals surface area contributed by atoms with Crippen LogP contribution in [0.1, 0.15) is 39.2 Å². The fourth-order valence-electron chi connectivity index (χ4n) is 4.60. The van der Waals surface area contributed by atoms with E-state index in [0.29, 0.717) is 5.69 Å². The Morgan fingerprint density at radius 3 is 1.97 bits per heavy atom. The van der Waals surface area contributed by atoms with Gasteiger partial charge >= 0.3 is 0 Å². The summed E-state index contributed by atoms with van der Waals surface area (Å²) >= 11 is 0. The molecule has 0 saturated heterocycles. The first kappa shape index (κ1) is 27.9. The number of nitrogens with zero attached hydrogens (tertiary/aromatic N) is 3. The van der Waals surface area contributed by atoms with Gasteiger partial charge in [0.15, 0.2) is 0 Å². The standard InChI is InChI=1S/C31H34N4O3S/c1-21-7-11-28(12-8-21)34(39(37,38)30-13-9-22(2)10-14-30)20-31(36)33-32-19-27-18-25(5)35(26(27)6)29-16-23(3)15-24(4)17-29/h7-19H,20H2,1-6H3,(H,33,36)/b32-19-. The van der Waals surface area contributed by atoms with Crippen molar-refractivity contribution in [2.24, 2.45) is 5.10 Å². The van der Waals surface area contributed by atoms with Crippen LogP contribution in [0.25, 0.3) is 5.69 Å². The van der Waals surface area contributed by atoms with E-state index >= 15 is 0 Å². The summed E-state index contributed by atoms with van der Waals surface area (Å²) in [7, 11) is -3.99. The Morgan fingerprint density at radius 2 is 1.38 bits per heavy atom. The molecule has 1 N–H and O–H groups in total. The van der Waals surface area contributed by atoms with Gasteiger partial charge in [-0.15, -0.1) is 0 Å². The zero-order valence-corrected chi connectivity index (χ0v) is 24.0. The zero-order chi connectivity index (χ0) is 28.3. The average molecular weight is 543 g/mol. The smallest absolute Gasteiger partial charge is 0.264 e. The van der Waals surface area contributed by atoms with Crippen molar-refractivity contribution < 1.29 is 13.2 Å². The summed E-state index contributed by atoms with van der Waals surface area (Å²) in [6.07, 6.45) is 1.59. The second-order valence-electron chi connectivity index (χ2n) is 9.96. The number of carbonyl (C=O) groups is 1. The molecular formula is C31H34N4O3S. The van der Waals surface area contributed by atoms with E-state index in [9.17, 15) is 13.2 Å². The lowest BCUT2D eigenvalue weighted by atomic mass is 10.1. The monoisotopic (exact) mass is 542 g/mol. The molecule has 3 aromatic carbocycles. The van der Waals surface area contributed by atoms with Crippen molar-refractivity contribution in [3.63, 3.8) is 0 Å². The number of aryl methyl sites for hydroxylation is 5. The Balaban J connectivity index is 1.56. The van der Waals surface area contributed by atoms with Crippen LogP contribution in [0.3, 0.4) is 0 Å². The quantitative estimate of drug-likeness (QED) is 0.230. The molecule has 0 spiro atoms. The number of hydrogen-bond donors (Lipinski definition) is 1. The maximum Gasteiger partial charge on any atom is 0.264 e. The highest BCUT2D eigenvalue weighted by molar-refractivity contribution is 7.92. The number of hydrogen-bond acceptors (Lipinski definition) is 4. The van der Waals surface area contributed by atoms with Crippen molar-refractivity contribution in [2.45, 2.75) is 46.4 Å². The molecule has 4 aromatic rings. The van der Waals surface area contributed by atoms with E-state index in [2.05, 4.69) is 47.1 Å². The highest BCUT2D eigenvalue weighted by Crippen LogP contribution is 2.25. The molecule has 39 heavy (non-hydrogen) atoms. The highest BCUT2D eigenvalue weighted by Gasteiger charge is 2.27. The highest BCUT2D eigenvalue weighted by atomic mass is 32.2. The molecule has 0 saturated carbocycles. The number of benzene rings is 3. The molecule has 4 rings (SSSR count). The van der Waals surface area contributed by atoms with Crippen LogP contribution >= 0.6 is 0 Å². The minimum Gasteiger partial charge on any atom is -0.318 e. The van der Waals surface area contributed by atoms with E-state index in [-0.39, 0.29) is 4.90 Å². The van der Waals surface area contributed by atoms with Crippen LogP contribution in [0.2, 0.25) is 0 Å². The van der Waals surface area contributed by atoms with Crippen LogP contribution in [0.4, 0.5) is 5.69 Å². The summed E-state index contributed by atoms with van der Waals surface area (Å²) in [5, 5.41) is 4.15. The van der Waals surface area contributed by atoms with Crippen LogP contribution in [0.5, 0.6) is 0 Å². The van der Waals surface area contributed by atoms with E-state index in [1.54, 1.807) is 42.6 Å². The van der Waals surface area contributed by atoms with Gasteiger partial charge in [-0.05, 0) is 95.1 Å². The Labute approximate surface area is 230 Å². The molecule has 202 valence electrons. The summed E-state index contributed by atoms with van der Waals surface area (Å²) in [6, 6.07) is 22.0. The molecule has 8 heteroatoms. The molecule has 7 nitrogen and oxygen atoms in total. The first-order chi connectivity index (χ1) is 18.5. The molecule has 1 heterocycles. The van der Waals surface area contributed by atoms with E-state index in [1.165, 1.54) is 11.1 Å². The number of aromatic nitrogens is 1. The number of amides is 1. The van der Waals surface area contributed by atoms with Crippen LogP contribution in [0.15, 0.2) is 82.8 Å². The molecule has 0 aliphatic rings. The lowest BCUT2D eigenvalue weighted by Crippen LogP contribution is -2.39. The van der Waals surface area contributed by atoms with E-state index in [4.69, 9.17) is 0 Å². The van der Waals surface area contributed by atoms with Crippen molar-refractivity contribution in [3.05, 3.63) is 112 Å². The van der Waals surface area contributed by atoms with Gasteiger partial charge in [-0.1, -0.05) is 41.5 Å². The van der Waals surface area contributed by atoms with E-state index in [0.717, 1.165) is 38.1 Å². The number of carbonyl (C=O) groups excluding carboxylic acids is 1. The largest absolute Gasteiger partial charge is 0.318 e. The maximum atomic E-state index is 13.5. The Kier molecular flexibility index (Phi) is 8.06. The average Bonchev–Trinajstić information content (AvgIpc) is 3.15. The van der Waals surface area contributed by atoms with Gasteiger partial charge in [0.2, 0.25) is 0 Å². The number of anilines is 1. The SMILES string of the molecule is Cc1ccc(N(CC(=O)N/N=C\c2cc(C)n(-c3cc(C)cc(C)c3)c2C)S(=O)(=O)c2ccc(C)cc2)cc1. The fourth-order valence-corrected chi connectivity index (χ4v) is 6.02. The molecule has 0 fully saturated rings. The third-order valence-corrected chi connectivity index (χ3v) is 8.33. The van der Waals surface area contributed by atoms with Crippen molar-refractivity contribution in [3.8, 4) is 5.69 Å². The Morgan fingerprint density at radius 1 is 0.821 bits per heavy atom. The van der Waals surface area contributed by atoms with Gasteiger partial charge in [0.05, 0.1) is 16.8 Å². The Hall–Kier alpha value is -4.17. The van der Waals surface area contributed by atoms with Gasteiger partial charge in [0.1, 0.15) is 6.54 Å². The van der Waals surface area contributed by atoms with E-state index in [1.807, 2.05) is 45.9 Å². The summed E-state index contributed by atoms with van der Waals surface area (Å²) in [6.45, 7) is 11.6.